The lowest BCUT2D eigenvalue weighted by Gasteiger charge is -2.00. The number of nitrogens with two attached hydrogens (primary N) is 1. The van der Waals surface area contributed by atoms with Crippen LogP contribution in [0.15, 0.2) is 9.81 Å². The van der Waals surface area contributed by atoms with Crippen LogP contribution in [-0.2, 0) is 14.3 Å². The van der Waals surface area contributed by atoms with E-state index in [1.165, 1.54) is 7.11 Å². The van der Waals surface area contributed by atoms with Gasteiger partial charge in [-0.25, -0.2) is 0 Å². The number of methoxy groups -OCH3 is 1. The predicted molar refractivity (Wildman–Crippen MR) is 55.3 cm³/mol. The van der Waals surface area contributed by atoms with Crippen molar-refractivity contribution in [3.63, 3.8) is 0 Å². The van der Waals surface area contributed by atoms with Crippen molar-refractivity contribution >= 4 is 36.3 Å². The van der Waals surface area contributed by atoms with E-state index < -0.39 is 11.9 Å². The Bertz CT molecular complexity index is 319. The second-order valence-electron chi connectivity index (χ2n) is 2.02. The third-order valence-electron chi connectivity index (χ3n) is 1.13. The zero-order valence-corrected chi connectivity index (χ0v) is 9.02. The second-order valence-corrected chi connectivity index (χ2v) is 3.76. The lowest BCUT2D eigenvalue weighted by atomic mass is 10.3. The van der Waals surface area contributed by atoms with Gasteiger partial charge in [-0.05, 0) is 0 Å². The summed E-state index contributed by atoms with van der Waals surface area (Å²) in [5, 5.41) is 8.50. The largest absolute Gasteiger partial charge is 0.468 e. The van der Waals surface area contributed by atoms with Crippen LogP contribution < -0.4 is 5.73 Å². The summed E-state index contributed by atoms with van der Waals surface area (Å²) >= 11 is 4.79. The Balaban J connectivity index is 4.44. The van der Waals surface area contributed by atoms with E-state index in [0.717, 1.165) is 11.8 Å². The van der Waals surface area contributed by atoms with E-state index in [2.05, 4.69) is 17.4 Å². The Hall–Kier alpha value is -1.13. The number of ether oxygens (including phenoxy) is 1. The number of carbonyl (C=O) groups is 2. The van der Waals surface area contributed by atoms with Crippen LogP contribution in [0.5, 0.6) is 0 Å². The Morgan fingerprint density at radius 2 is 2.21 bits per heavy atom. The van der Waals surface area contributed by atoms with Gasteiger partial charge in [0.05, 0.1) is 17.1 Å². The van der Waals surface area contributed by atoms with Crippen molar-refractivity contribution in [3.8, 4) is 6.07 Å². The minimum atomic E-state index is -0.866. The molecule has 0 saturated carbocycles. The first-order valence-corrected chi connectivity index (χ1v) is 4.79. The summed E-state index contributed by atoms with van der Waals surface area (Å²) in [6, 6.07) is 1.60. The molecule has 5 nitrogen and oxygen atoms in total. The molecule has 0 spiro atoms. The minimum Gasteiger partial charge on any atom is -0.468 e. The number of primary amides is 1. The van der Waals surface area contributed by atoms with Gasteiger partial charge < -0.3 is 10.5 Å². The summed E-state index contributed by atoms with van der Waals surface area (Å²) in [6.07, 6.45) is 0. The molecular weight excluding hydrogens is 224 g/mol. The molecule has 76 valence electrons. The smallest absolute Gasteiger partial charge is 0.316 e. The maximum atomic E-state index is 10.7. The number of hydrogen-bond donors (Lipinski definition) is 2. The van der Waals surface area contributed by atoms with Crippen molar-refractivity contribution < 1.29 is 14.3 Å². The van der Waals surface area contributed by atoms with Crippen molar-refractivity contribution in [1.82, 2.24) is 0 Å². The SMILES string of the molecule is COC(=O)CSC(S)=C(C#N)C(N)=O. The first kappa shape index (κ1) is 12.9. The number of thioether (sulfide) groups is 1. The lowest BCUT2D eigenvalue weighted by molar-refractivity contribution is -0.137. The molecule has 0 radical (unpaired) electrons. The number of nitrogens with zero attached hydrogens (tertiary/aromatic N) is 1. The molecule has 0 aliphatic carbocycles. The van der Waals surface area contributed by atoms with Crippen LogP contribution in [0.4, 0.5) is 0 Å². The maximum Gasteiger partial charge on any atom is 0.316 e. The molecule has 1 amide bonds. The average Bonchev–Trinajstić information content (AvgIpc) is 2.14. The van der Waals surface area contributed by atoms with Crippen molar-refractivity contribution in [2.45, 2.75) is 0 Å². The fourth-order valence-electron chi connectivity index (χ4n) is 0.467. The monoisotopic (exact) mass is 232 g/mol. The second kappa shape index (κ2) is 6.34. The van der Waals surface area contributed by atoms with Crippen molar-refractivity contribution in [2.24, 2.45) is 5.73 Å². The highest BCUT2D eigenvalue weighted by Crippen LogP contribution is 2.23. The molecule has 7 heteroatoms. The number of esters is 1. The zero-order chi connectivity index (χ0) is 11.1. The van der Waals surface area contributed by atoms with E-state index >= 15 is 0 Å². The van der Waals surface area contributed by atoms with E-state index in [-0.39, 0.29) is 15.6 Å². The Kier molecular flexibility index (Phi) is 5.83. The molecular formula is C7H8N2O3S2. The molecule has 0 fully saturated rings. The van der Waals surface area contributed by atoms with Crippen LogP contribution in [0.3, 0.4) is 0 Å². The summed E-state index contributed by atoms with van der Waals surface area (Å²) in [5.74, 6) is -1.36. The van der Waals surface area contributed by atoms with Gasteiger partial charge in [0.15, 0.2) is 0 Å². The van der Waals surface area contributed by atoms with Gasteiger partial charge in [-0.2, -0.15) is 5.26 Å². The van der Waals surface area contributed by atoms with E-state index in [1.807, 2.05) is 0 Å². The van der Waals surface area contributed by atoms with Gasteiger partial charge in [-0.3, -0.25) is 9.59 Å². The van der Waals surface area contributed by atoms with Gasteiger partial charge in [-0.15, -0.1) is 24.4 Å². The predicted octanol–water partition coefficient (Wildman–Crippen LogP) is 0.0429. The number of rotatable bonds is 4. The number of nitriles is 1. The molecule has 0 aliphatic rings. The summed E-state index contributed by atoms with van der Waals surface area (Å²) in [5.41, 5.74) is 4.63. The van der Waals surface area contributed by atoms with Gasteiger partial charge in [0.2, 0.25) is 0 Å². The number of hydrogen-bond acceptors (Lipinski definition) is 6. The van der Waals surface area contributed by atoms with Gasteiger partial charge in [0.1, 0.15) is 11.6 Å². The van der Waals surface area contributed by atoms with Crippen LogP contribution in [-0.4, -0.2) is 24.7 Å². The Morgan fingerprint density at radius 3 is 2.57 bits per heavy atom. The number of thiol groups is 1. The molecule has 14 heavy (non-hydrogen) atoms. The summed E-state index contributed by atoms with van der Waals surface area (Å²) in [7, 11) is 1.24. The molecule has 0 aliphatic heterocycles. The van der Waals surface area contributed by atoms with Crippen molar-refractivity contribution in [2.75, 3.05) is 12.9 Å². The highest BCUT2D eigenvalue weighted by Gasteiger charge is 2.11. The lowest BCUT2D eigenvalue weighted by Crippen LogP contribution is -2.13. The van der Waals surface area contributed by atoms with Crippen LogP contribution in [0.1, 0.15) is 0 Å². The average molecular weight is 232 g/mol. The molecule has 0 aromatic rings. The quantitative estimate of drug-likeness (QED) is 0.309. The van der Waals surface area contributed by atoms with Crippen molar-refractivity contribution in [3.05, 3.63) is 9.81 Å². The van der Waals surface area contributed by atoms with E-state index in [9.17, 15) is 9.59 Å². The van der Waals surface area contributed by atoms with Gasteiger partial charge >= 0.3 is 5.97 Å². The molecule has 0 saturated heterocycles. The molecule has 0 rings (SSSR count). The number of carbonyl (C=O) groups excluding carboxylic acids is 2. The van der Waals surface area contributed by atoms with E-state index in [0.29, 0.717) is 0 Å². The highest BCUT2D eigenvalue weighted by molar-refractivity contribution is 8.16. The van der Waals surface area contributed by atoms with Gasteiger partial charge in [-0.1, -0.05) is 0 Å². The Labute approximate surface area is 90.7 Å². The topological polar surface area (TPSA) is 93.2 Å². The summed E-state index contributed by atoms with van der Waals surface area (Å²) in [6.45, 7) is 0. The van der Waals surface area contributed by atoms with Gasteiger partial charge in [0, 0.05) is 0 Å². The fourth-order valence-corrected chi connectivity index (χ4v) is 1.48. The molecule has 2 N–H and O–H groups in total. The third-order valence-corrected chi connectivity index (χ3v) is 2.59. The normalized spacial score (nSPS) is 11.2. The Morgan fingerprint density at radius 1 is 1.64 bits per heavy atom. The highest BCUT2D eigenvalue weighted by atomic mass is 32.2. The standard InChI is InChI=1S/C7H8N2O3S2/c1-12-5(10)3-14-7(13)4(2-8)6(9)11/h13H,3H2,1H3,(H2,9,11). The molecule has 0 unspecified atom stereocenters. The van der Waals surface area contributed by atoms with Crippen molar-refractivity contribution in [1.29, 1.82) is 5.26 Å². The minimum absolute atomic E-state index is 0.0200. The molecule has 0 bridgehead atoms. The molecule has 0 atom stereocenters. The molecule has 0 aromatic heterocycles. The third kappa shape index (κ3) is 4.20. The number of amides is 1. The van der Waals surface area contributed by atoms with E-state index in [4.69, 9.17) is 11.0 Å². The van der Waals surface area contributed by atoms with Crippen LogP contribution >= 0.6 is 24.4 Å². The molecule has 0 heterocycles. The maximum absolute atomic E-state index is 10.7. The summed E-state index contributed by atoms with van der Waals surface area (Å²) < 4.78 is 4.48. The van der Waals surface area contributed by atoms with Gasteiger partial charge in [0.25, 0.3) is 5.91 Å². The zero-order valence-electron chi connectivity index (χ0n) is 7.31. The first-order chi connectivity index (χ1) is 6.52. The van der Waals surface area contributed by atoms with E-state index in [1.54, 1.807) is 6.07 Å². The molecule has 0 aromatic carbocycles. The fraction of sp³-hybridized carbons (Fsp3) is 0.286. The van der Waals surface area contributed by atoms with Crippen LogP contribution in [0.25, 0.3) is 0 Å². The first-order valence-electron chi connectivity index (χ1n) is 3.35. The van der Waals surface area contributed by atoms with Crippen LogP contribution in [0, 0.1) is 11.3 Å². The van der Waals surface area contributed by atoms with Crippen LogP contribution in [0.2, 0.25) is 0 Å². The summed E-state index contributed by atoms with van der Waals surface area (Å²) in [4.78, 5) is 21.3.